The van der Waals surface area contributed by atoms with E-state index in [0.717, 1.165) is 12.1 Å². The Morgan fingerprint density at radius 3 is 2.25 bits per heavy atom. The maximum atomic E-state index is 10.2. The van der Waals surface area contributed by atoms with E-state index in [0.29, 0.717) is 17.2 Å². The fraction of sp³-hybridized carbons (Fsp3) is 0.647. The highest BCUT2D eigenvalue weighted by Gasteiger charge is 2.35. The SMILES string of the molecule is CSC1(CNCC(O)c2ccc(C(C)C)cc2)CCC1. The number of aliphatic hydroxyl groups excluding tert-OH is 1. The van der Waals surface area contributed by atoms with Crippen LogP contribution in [-0.4, -0.2) is 29.2 Å². The van der Waals surface area contributed by atoms with Crippen molar-refractivity contribution >= 4 is 11.8 Å². The molecule has 1 fully saturated rings. The minimum atomic E-state index is -0.407. The summed E-state index contributed by atoms with van der Waals surface area (Å²) in [6.07, 6.45) is 5.75. The number of nitrogens with one attached hydrogen (secondary N) is 1. The van der Waals surface area contributed by atoms with Crippen LogP contribution in [0.25, 0.3) is 0 Å². The van der Waals surface area contributed by atoms with Crippen LogP contribution in [0, 0.1) is 0 Å². The molecule has 1 aliphatic rings. The molecule has 2 nitrogen and oxygen atoms in total. The third-order valence-corrected chi connectivity index (χ3v) is 5.89. The third-order valence-electron chi connectivity index (χ3n) is 4.47. The zero-order chi connectivity index (χ0) is 14.6. The molecular weight excluding hydrogens is 266 g/mol. The maximum Gasteiger partial charge on any atom is 0.0914 e. The lowest BCUT2D eigenvalue weighted by Crippen LogP contribution is -2.44. The van der Waals surface area contributed by atoms with Gasteiger partial charge in [-0.3, -0.25) is 0 Å². The second-order valence-corrected chi connectivity index (χ2v) is 7.48. The number of rotatable bonds is 7. The van der Waals surface area contributed by atoms with Gasteiger partial charge in [-0.25, -0.2) is 0 Å². The van der Waals surface area contributed by atoms with Gasteiger partial charge < -0.3 is 10.4 Å². The summed E-state index contributed by atoms with van der Waals surface area (Å²) in [5.74, 6) is 0.541. The van der Waals surface area contributed by atoms with Crippen LogP contribution >= 0.6 is 11.8 Å². The zero-order valence-corrected chi connectivity index (χ0v) is 13.7. The van der Waals surface area contributed by atoms with Crippen molar-refractivity contribution in [2.45, 2.75) is 49.9 Å². The molecule has 0 aliphatic heterocycles. The molecule has 112 valence electrons. The van der Waals surface area contributed by atoms with Gasteiger partial charge in [-0.1, -0.05) is 44.5 Å². The first-order valence-corrected chi connectivity index (χ1v) is 8.82. The second-order valence-electron chi connectivity index (χ2n) is 6.21. The summed E-state index contributed by atoms with van der Waals surface area (Å²) in [7, 11) is 0. The predicted octanol–water partition coefficient (Wildman–Crippen LogP) is 3.72. The van der Waals surface area contributed by atoms with Gasteiger partial charge in [0.2, 0.25) is 0 Å². The number of hydrogen-bond acceptors (Lipinski definition) is 3. The number of thioether (sulfide) groups is 1. The Labute approximate surface area is 127 Å². The first-order valence-electron chi connectivity index (χ1n) is 7.60. The Hall–Kier alpha value is -0.510. The van der Waals surface area contributed by atoms with Gasteiger partial charge in [0.05, 0.1) is 6.10 Å². The van der Waals surface area contributed by atoms with E-state index in [2.05, 4.69) is 49.7 Å². The molecule has 20 heavy (non-hydrogen) atoms. The summed E-state index contributed by atoms with van der Waals surface area (Å²) in [6, 6.07) is 8.35. The van der Waals surface area contributed by atoms with Crippen LogP contribution < -0.4 is 5.32 Å². The number of benzene rings is 1. The Balaban J connectivity index is 1.80. The van der Waals surface area contributed by atoms with Crippen molar-refractivity contribution in [3.05, 3.63) is 35.4 Å². The van der Waals surface area contributed by atoms with Crippen LogP contribution in [0.4, 0.5) is 0 Å². The van der Waals surface area contributed by atoms with Crippen molar-refractivity contribution in [3.8, 4) is 0 Å². The minimum Gasteiger partial charge on any atom is -0.387 e. The van der Waals surface area contributed by atoms with Crippen molar-refractivity contribution in [3.63, 3.8) is 0 Å². The summed E-state index contributed by atoms with van der Waals surface area (Å²) < 4.78 is 0.432. The van der Waals surface area contributed by atoms with E-state index in [4.69, 9.17) is 0 Å². The lowest BCUT2D eigenvalue weighted by atomic mass is 9.84. The standard InChI is InChI=1S/C17H27NOS/c1-13(2)14-5-7-15(8-6-14)16(19)11-18-12-17(20-3)9-4-10-17/h5-8,13,16,18-19H,4,9-12H2,1-3H3. The molecule has 0 radical (unpaired) electrons. The van der Waals surface area contributed by atoms with E-state index in [9.17, 15) is 5.11 Å². The molecule has 1 saturated carbocycles. The van der Waals surface area contributed by atoms with E-state index in [-0.39, 0.29) is 0 Å². The predicted molar refractivity (Wildman–Crippen MR) is 88.5 cm³/mol. The molecule has 3 heteroatoms. The van der Waals surface area contributed by atoms with Crippen LogP contribution in [0.2, 0.25) is 0 Å². The summed E-state index contributed by atoms with van der Waals surface area (Å²) in [4.78, 5) is 0. The Morgan fingerprint density at radius 1 is 1.20 bits per heavy atom. The summed E-state index contributed by atoms with van der Waals surface area (Å²) >= 11 is 1.97. The van der Waals surface area contributed by atoms with Gasteiger partial charge in [0.1, 0.15) is 0 Å². The number of hydrogen-bond donors (Lipinski definition) is 2. The van der Waals surface area contributed by atoms with Gasteiger partial charge >= 0.3 is 0 Å². The van der Waals surface area contributed by atoms with Crippen molar-refractivity contribution in [2.75, 3.05) is 19.3 Å². The van der Waals surface area contributed by atoms with E-state index >= 15 is 0 Å². The lowest BCUT2D eigenvalue weighted by Gasteiger charge is -2.40. The van der Waals surface area contributed by atoms with E-state index < -0.39 is 6.10 Å². The molecule has 1 aliphatic carbocycles. The van der Waals surface area contributed by atoms with Gasteiger partial charge in [-0.15, -0.1) is 0 Å². The second kappa shape index (κ2) is 6.97. The number of aliphatic hydroxyl groups is 1. The molecule has 1 aromatic carbocycles. The van der Waals surface area contributed by atoms with E-state index in [1.165, 1.54) is 24.8 Å². The third kappa shape index (κ3) is 3.78. The quantitative estimate of drug-likeness (QED) is 0.803. The first-order chi connectivity index (χ1) is 9.56. The smallest absolute Gasteiger partial charge is 0.0914 e. The van der Waals surface area contributed by atoms with Crippen LogP contribution in [0.1, 0.15) is 56.3 Å². The Bertz CT molecular complexity index is 406. The van der Waals surface area contributed by atoms with Crippen molar-refractivity contribution in [1.29, 1.82) is 0 Å². The van der Waals surface area contributed by atoms with Gasteiger partial charge in [0.25, 0.3) is 0 Å². The maximum absolute atomic E-state index is 10.2. The largest absolute Gasteiger partial charge is 0.387 e. The molecular formula is C17H27NOS. The fourth-order valence-electron chi connectivity index (χ4n) is 2.68. The summed E-state index contributed by atoms with van der Waals surface area (Å²) in [6.45, 7) is 6.03. The topological polar surface area (TPSA) is 32.3 Å². The average Bonchev–Trinajstić information content (AvgIpc) is 2.41. The minimum absolute atomic E-state index is 0.407. The summed E-state index contributed by atoms with van der Waals surface area (Å²) in [5, 5.41) is 13.7. The average molecular weight is 293 g/mol. The highest BCUT2D eigenvalue weighted by Crippen LogP contribution is 2.42. The first kappa shape index (κ1) is 15.9. The van der Waals surface area contributed by atoms with E-state index in [1.54, 1.807) is 0 Å². The summed E-state index contributed by atoms with van der Waals surface area (Å²) in [5.41, 5.74) is 2.33. The molecule has 0 bridgehead atoms. The molecule has 0 aromatic heterocycles. The van der Waals surface area contributed by atoms with Crippen LogP contribution in [-0.2, 0) is 0 Å². The monoisotopic (exact) mass is 293 g/mol. The Kier molecular flexibility index (Phi) is 5.53. The van der Waals surface area contributed by atoms with Crippen molar-refractivity contribution < 1.29 is 5.11 Å². The van der Waals surface area contributed by atoms with Gasteiger partial charge in [0.15, 0.2) is 0 Å². The van der Waals surface area contributed by atoms with Gasteiger partial charge in [0, 0.05) is 17.8 Å². The normalized spacial score (nSPS) is 18.9. The lowest BCUT2D eigenvalue weighted by molar-refractivity contribution is 0.171. The van der Waals surface area contributed by atoms with Crippen LogP contribution in [0.3, 0.4) is 0 Å². The molecule has 1 atom stereocenters. The highest BCUT2D eigenvalue weighted by molar-refractivity contribution is 8.00. The van der Waals surface area contributed by atoms with Crippen molar-refractivity contribution in [1.82, 2.24) is 5.32 Å². The van der Waals surface area contributed by atoms with Crippen molar-refractivity contribution in [2.24, 2.45) is 0 Å². The molecule has 0 saturated heterocycles. The molecule has 1 unspecified atom stereocenters. The molecule has 2 rings (SSSR count). The molecule has 0 amide bonds. The van der Waals surface area contributed by atoms with Gasteiger partial charge in [-0.2, -0.15) is 11.8 Å². The molecule has 0 heterocycles. The molecule has 1 aromatic rings. The highest BCUT2D eigenvalue weighted by atomic mass is 32.2. The van der Waals surface area contributed by atoms with Crippen LogP contribution in [0.15, 0.2) is 24.3 Å². The van der Waals surface area contributed by atoms with Gasteiger partial charge in [-0.05, 0) is 36.1 Å². The van der Waals surface area contributed by atoms with Crippen LogP contribution in [0.5, 0.6) is 0 Å². The zero-order valence-electron chi connectivity index (χ0n) is 12.9. The molecule has 0 spiro atoms. The van der Waals surface area contributed by atoms with E-state index in [1.807, 2.05) is 11.8 Å². The fourth-order valence-corrected chi connectivity index (χ4v) is 3.63. The Morgan fingerprint density at radius 2 is 1.80 bits per heavy atom. The molecule has 2 N–H and O–H groups in total.